The van der Waals surface area contributed by atoms with E-state index in [9.17, 15) is 14.4 Å². The summed E-state index contributed by atoms with van der Waals surface area (Å²) in [5.74, 6) is -0.706. The molecule has 1 N–H and O–H groups in total. The fraction of sp³-hybridized carbons (Fsp3) is 0.759. The van der Waals surface area contributed by atoms with E-state index in [1.54, 1.807) is 0 Å². The Hall–Kier alpha value is -2.11. The van der Waals surface area contributed by atoms with Crippen LogP contribution in [-0.4, -0.2) is 36.6 Å². The number of amides is 1. The predicted octanol–water partition coefficient (Wildman–Crippen LogP) is 6.43. The lowest BCUT2D eigenvalue weighted by Crippen LogP contribution is -2.48. The van der Waals surface area contributed by atoms with Gasteiger partial charge in [-0.1, -0.05) is 96.9 Å². The summed E-state index contributed by atoms with van der Waals surface area (Å²) >= 11 is 0. The van der Waals surface area contributed by atoms with Gasteiger partial charge in [0, 0.05) is 12.8 Å². The average Bonchev–Trinajstić information content (AvgIpc) is 2.85. The number of hydrogen-bond acceptors (Lipinski definition) is 5. The number of carbonyl (C=O) groups is 3. The van der Waals surface area contributed by atoms with Crippen LogP contribution in [0.3, 0.4) is 0 Å². The first kappa shape index (κ1) is 30.9. The molecule has 0 saturated carbocycles. The zero-order valence-corrected chi connectivity index (χ0v) is 22.5. The summed E-state index contributed by atoms with van der Waals surface area (Å²) in [5, 5.41) is 2.61. The van der Waals surface area contributed by atoms with Crippen molar-refractivity contribution in [3.63, 3.8) is 0 Å². The third kappa shape index (κ3) is 12.4. The number of ether oxygens (including phenoxy) is 2. The van der Waals surface area contributed by atoms with Crippen LogP contribution in [0.4, 0.5) is 0 Å². The molecule has 0 unspecified atom stereocenters. The molecule has 1 amide bonds. The second kappa shape index (κ2) is 19.1. The van der Waals surface area contributed by atoms with Gasteiger partial charge in [0.15, 0.2) is 0 Å². The minimum absolute atomic E-state index is 0.0328. The maximum atomic E-state index is 12.9. The van der Waals surface area contributed by atoms with Gasteiger partial charge in [0.1, 0.15) is 18.2 Å². The number of esters is 2. The predicted molar refractivity (Wildman–Crippen MR) is 141 cm³/mol. The van der Waals surface area contributed by atoms with Gasteiger partial charge in [0.2, 0.25) is 6.41 Å². The third-order valence-electron chi connectivity index (χ3n) is 6.86. The number of cyclic esters (lactones) is 1. The van der Waals surface area contributed by atoms with Crippen molar-refractivity contribution in [3.05, 3.63) is 24.3 Å². The molecule has 0 aliphatic carbocycles. The van der Waals surface area contributed by atoms with E-state index in [-0.39, 0.29) is 23.9 Å². The molecule has 0 aromatic heterocycles. The Morgan fingerprint density at radius 1 is 1.03 bits per heavy atom. The monoisotopic (exact) mass is 491 g/mol. The standard InChI is InChI=1S/C29H49NO5/c1-5-8-10-12-13-14-15-16-17-19-24(34-29(33)27(30-22-31)23(4)7-3)21-26-25(28(32)35-26)20-18-11-9-6-2/h13-14,16-17,22-27H,5-12,15,18-21H2,1-4H3,(H,30,31)/b14-13+,17-16+/t23-,24+,25+,26+,27+/m0/s1. The van der Waals surface area contributed by atoms with Crippen molar-refractivity contribution >= 4 is 18.3 Å². The molecule has 1 aliphatic rings. The summed E-state index contributed by atoms with van der Waals surface area (Å²) in [4.78, 5) is 36.0. The van der Waals surface area contributed by atoms with Crippen LogP contribution in [0, 0.1) is 11.8 Å². The maximum Gasteiger partial charge on any atom is 0.329 e. The van der Waals surface area contributed by atoms with Crippen LogP contribution >= 0.6 is 0 Å². The Morgan fingerprint density at radius 3 is 2.40 bits per heavy atom. The Morgan fingerprint density at radius 2 is 1.74 bits per heavy atom. The lowest BCUT2D eigenvalue weighted by atomic mass is 9.87. The van der Waals surface area contributed by atoms with Crippen LogP contribution in [0.15, 0.2) is 24.3 Å². The van der Waals surface area contributed by atoms with E-state index in [2.05, 4.69) is 37.4 Å². The first-order valence-corrected chi connectivity index (χ1v) is 13.9. The molecule has 0 radical (unpaired) electrons. The highest BCUT2D eigenvalue weighted by Gasteiger charge is 2.43. The molecule has 1 rings (SSSR count). The van der Waals surface area contributed by atoms with E-state index in [0.29, 0.717) is 19.3 Å². The van der Waals surface area contributed by atoms with Crippen molar-refractivity contribution in [2.24, 2.45) is 11.8 Å². The van der Waals surface area contributed by atoms with Gasteiger partial charge in [-0.3, -0.25) is 9.59 Å². The summed E-state index contributed by atoms with van der Waals surface area (Å²) in [6.45, 7) is 8.27. The van der Waals surface area contributed by atoms with Crippen molar-refractivity contribution in [2.75, 3.05) is 0 Å². The van der Waals surface area contributed by atoms with Gasteiger partial charge in [0.05, 0.1) is 5.92 Å². The molecule has 1 aliphatic heterocycles. The van der Waals surface area contributed by atoms with E-state index >= 15 is 0 Å². The molecule has 1 heterocycles. The molecule has 0 bridgehead atoms. The summed E-state index contributed by atoms with van der Waals surface area (Å²) in [5.41, 5.74) is 0. The SMILES string of the molecule is CCCCC/C=C/C/C=C/C[C@H](C[C@H]1OC(=O)[C@@H]1CCCCCC)OC(=O)[C@H](NC=O)[C@@H](C)CC. The summed E-state index contributed by atoms with van der Waals surface area (Å²) in [7, 11) is 0. The fourth-order valence-electron chi connectivity index (χ4n) is 4.32. The number of allylic oxidation sites excluding steroid dienone is 3. The number of unbranched alkanes of at least 4 members (excludes halogenated alkanes) is 6. The highest BCUT2D eigenvalue weighted by molar-refractivity contribution is 5.79. The molecule has 1 fully saturated rings. The molecule has 200 valence electrons. The normalized spacial score (nSPS) is 20.3. The zero-order valence-electron chi connectivity index (χ0n) is 22.5. The second-order valence-electron chi connectivity index (χ2n) is 9.78. The summed E-state index contributed by atoms with van der Waals surface area (Å²) in [6.07, 6.45) is 21.2. The van der Waals surface area contributed by atoms with Crippen molar-refractivity contribution < 1.29 is 23.9 Å². The van der Waals surface area contributed by atoms with E-state index in [4.69, 9.17) is 9.47 Å². The molecule has 6 nitrogen and oxygen atoms in total. The molecule has 0 spiro atoms. The van der Waals surface area contributed by atoms with Gasteiger partial charge in [-0.25, -0.2) is 4.79 Å². The van der Waals surface area contributed by atoms with E-state index in [0.717, 1.165) is 44.9 Å². The van der Waals surface area contributed by atoms with Gasteiger partial charge in [0.25, 0.3) is 0 Å². The number of hydrogen-bond donors (Lipinski definition) is 1. The third-order valence-corrected chi connectivity index (χ3v) is 6.86. The Balaban J connectivity index is 2.72. The highest BCUT2D eigenvalue weighted by Crippen LogP contribution is 2.32. The van der Waals surface area contributed by atoms with Gasteiger partial charge in [-0.05, 0) is 31.6 Å². The molecule has 5 atom stereocenters. The van der Waals surface area contributed by atoms with Crippen LogP contribution in [0.1, 0.15) is 111 Å². The van der Waals surface area contributed by atoms with Gasteiger partial charge >= 0.3 is 11.9 Å². The summed E-state index contributed by atoms with van der Waals surface area (Å²) in [6, 6.07) is -0.677. The lowest BCUT2D eigenvalue weighted by Gasteiger charge is -2.37. The van der Waals surface area contributed by atoms with E-state index < -0.39 is 18.1 Å². The number of nitrogens with one attached hydrogen (secondary N) is 1. The van der Waals surface area contributed by atoms with Gasteiger partial charge in [-0.15, -0.1) is 0 Å². The molecule has 35 heavy (non-hydrogen) atoms. The van der Waals surface area contributed by atoms with Crippen LogP contribution in [0.2, 0.25) is 0 Å². The Labute approximate surface area is 213 Å². The minimum atomic E-state index is -0.677. The van der Waals surface area contributed by atoms with Crippen LogP contribution < -0.4 is 5.32 Å². The first-order chi connectivity index (χ1) is 17.0. The van der Waals surface area contributed by atoms with E-state index in [1.165, 1.54) is 25.7 Å². The molecular weight excluding hydrogens is 442 g/mol. The fourth-order valence-corrected chi connectivity index (χ4v) is 4.32. The zero-order chi connectivity index (χ0) is 25.9. The minimum Gasteiger partial charge on any atom is -0.461 e. The first-order valence-electron chi connectivity index (χ1n) is 13.9. The second-order valence-corrected chi connectivity index (χ2v) is 9.78. The molecule has 1 saturated heterocycles. The lowest BCUT2D eigenvalue weighted by molar-refractivity contribution is -0.190. The quantitative estimate of drug-likeness (QED) is 0.0865. The van der Waals surface area contributed by atoms with Gasteiger partial charge < -0.3 is 14.8 Å². The Bertz CT molecular complexity index is 659. The summed E-state index contributed by atoms with van der Waals surface area (Å²) < 4.78 is 11.3. The van der Waals surface area contributed by atoms with Crippen LogP contribution in [0.25, 0.3) is 0 Å². The number of rotatable bonds is 21. The van der Waals surface area contributed by atoms with Crippen LogP contribution in [0.5, 0.6) is 0 Å². The topological polar surface area (TPSA) is 81.7 Å². The van der Waals surface area contributed by atoms with E-state index in [1.807, 2.05) is 19.9 Å². The molecule has 0 aromatic rings. The van der Waals surface area contributed by atoms with Crippen molar-refractivity contribution in [2.45, 2.75) is 129 Å². The smallest absolute Gasteiger partial charge is 0.329 e. The van der Waals surface area contributed by atoms with Crippen molar-refractivity contribution in [3.8, 4) is 0 Å². The largest absolute Gasteiger partial charge is 0.461 e. The Kier molecular flexibility index (Phi) is 16.9. The molecule has 0 aromatic carbocycles. The number of carbonyl (C=O) groups excluding carboxylic acids is 3. The van der Waals surface area contributed by atoms with Crippen LogP contribution in [-0.2, 0) is 23.9 Å². The average molecular weight is 492 g/mol. The maximum absolute atomic E-state index is 12.9. The van der Waals surface area contributed by atoms with Crippen molar-refractivity contribution in [1.82, 2.24) is 5.32 Å². The molecule has 6 heteroatoms. The highest BCUT2D eigenvalue weighted by atomic mass is 16.6. The molecular formula is C29H49NO5. The van der Waals surface area contributed by atoms with Crippen molar-refractivity contribution in [1.29, 1.82) is 0 Å². The van der Waals surface area contributed by atoms with Gasteiger partial charge in [-0.2, -0.15) is 0 Å².